The molecule has 0 spiro atoms. The molecule has 0 radical (unpaired) electrons. The lowest BCUT2D eigenvalue weighted by molar-refractivity contribution is -0.115. The highest BCUT2D eigenvalue weighted by Crippen LogP contribution is 2.32. The van der Waals surface area contributed by atoms with Crippen LogP contribution in [0, 0.1) is 5.92 Å². The number of rotatable bonds is 7. The lowest BCUT2D eigenvalue weighted by Crippen LogP contribution is -2.22. The summed E-state index contributed by atoms with van der Waals surface area (Å²) in [6.45, 7) is 6.93. The van der Waals surface area contributed by atoms with Gasteiger partial charge in [0.25, 0.3) is 0 Å². The van der Waals surface area contributed by atoms with Gasteiger partial charge in [-0.25, -0.2) is 9.97 Å². The van der Waals surface area contributed by atoms with Crippen molar-refractivity contribution in [2.24, 2.45) is 5.92 Å². The Morgan fingerprint density at radius 2 is 1.83 bits per heavy atom. The lowest BCUT2D eigenvalue weighted by Gasteiger charge is -2.17. The van der Waals surface area contributed by atoms with Crippen LogP contribution in [-0.2, 0) is 17.1 Å². The topological polar surface area (TPSA) is 51.0 Å². The Bertz CT molecular complexity index is 1150. The van der Waals surface area contributed by atoms with Crippen LogP contribution in [0.5, 0.6) is 0 Å². The molecule has 0 saturated carbocycles. The van der Waals surface area contributed by atoms with Crippen molar-refractivity contribution in [3.8, 4) is 0 Å². The molecular formula is C23H24N4OS2. The molecule has 0 fully saturated rings. The van der Waals surface area contributed by atoms with E-state index in [1.165, 1.54) is 16.9 Å². The van der Waals surface area contributed by atoms with E-state index >= 15 is 0 Å². The molecule has 0 aliphatic heterocycles. The van der Waals surface area contributed by atoms with E-state index in [4.69, 9.17) is 9.97 Å². The average Bonchev–Trinajstić information content (AvgIpc) is 3.32. The number of amides is 1. The average molecular weight is 437 g/mol. The van der Waals surface area contributed by atoms with Crippen LogP contribution >= 0.6 is 23.1 Å². The van der Waals surface area contributed by atoms with Crippen molar-refractivity contribution < 1.29 is 4.79 Å². The molecule has 5 nitrogen and oxygen atoms in total. The Balaban J connectivity index is 1.56. The van der Waals surface area contributed by atoms with Gasteiger partial charge in [-0.05, 0) is 30.2 Å². The number of aromatic nitrogens is 3. The molecule has 154 valence electrons. The van der Waals surface area contributed by atoms with Crippen LogP contribution in [0.2, 0.25) is 0 Å². The molecule has 0 N–H and O–H groups in total. The van der Waals surface area contributed by atoms with Gasteiger partial charge in [-0.1, -0.05) is 55.9 Å². The molecule has 0 aliphatic carbocycles. The van der Waals surface area contributed by atoms with Gasteiger partial charge in [0.05, 0.1) is 22.4 Å². The molecule has 7 heteroatoms. The van der Waals surface area contributed by atoms with Crippen LogP contribution in [0.3, 0.4) is 0 Å². The van der Waals surface area contributed by atoms with Crippen molar-refractivity contribution in [2.75, 3.05) is 4.90 Å². The maximum absolute atomic E-state index is 12.3. The fourth-order valence-corrected chi connectivity index (χ4v) is 5.22. The molecule has 0 bridgehead atoms. The zero-order valence-corrected chi connectivity index (χ0v) is 18.9. The summed E-state index contributed by atoms with van der Waals surface area (Å²) in [5.41, 5.74) is 3.97. The summed E-state index contributed by atoms with van der Waals surface area (Å²) >= 11 is 3.18. The number of para-hydroxylation sites is 3. The quantitative estimate of drug-likeness (QED) is 0.327. The molecule has 2 heterocycles. The fourth-order valence-electron chi connectivity index (χ4n) is 3.31. The molecule has 30 heavy (non-hydrogen) atoms. The van der Waals surface area contributed by atoms with Gasteiger partial charge in [0.2, 0.25) is 5.91 Å². The van der Waals surface area contributed by atoms with Gasteiger partial charge >= 0.3 is 0 Å². The predicted molar refractivity (Wildman–Crippen MR) is 126 cm³/mol. The summed E-state index contributed by atoms with van der Waals surface area (Å²) < 4.78 is 2.30. The van der Waals surface area contributed by atoms with Crippen LogP contribution in [0.4, 0.5) is 10.8 Å². The highest BCUT2D eigenvalue weighted by molar-refractivity contribution is 7.98. The van der Waals surface area contributed by atoms with E-state index in [1.54, 1.807) is 23.6 Å². The number of carbonyl (C=O) groups is 1. The van der Waals surface area contributed by atoms with Gasteiger partial charge < -0.3 is 4.57 Å². The number of benzene rings is 2. The molecule has 1 amide bonds. The van der Waals surface area contributed by atoms with E-state index in [1.807, 2.05) is 41.8 Å². The van der Waals surface area contributed by atoms with Crippen LogP contribution < -0.4 is 4.90 Å². The first kappa shape index (κ1) is 20.6. The van der Waals surface area contributed by atoms with Crippen molar-refractivity contribution >= 4 is 50.9 Å². The van der Waals surface area contributed by atoms with E-state index in [0.717, 1.165) is 28.6 Å². The van der Waals surface area contributed by atoms with Crippen molar-refractivity contribution in [3.63, 3.8) is 0 Å². The van der Waals surface area contributed by atoms with Crippen LogP contribution in [0.25, 0.3) is 11.0 Å². The monoisotopic (exact) mass is 436 g/mol. The van der Waals surface area contributed by atoms with Crippen LogP contribution in [0.15, 0.2) is 65.1 Å². The van der Waals surface area contributed by atoms with E-state index < -0.39 is 0 Å². The minimum atomic E-state index is -0.0477. The lowest BCUT2D eigenvalue weighted by atomic mass is 10.2. The second kappa shape index (κ2) is 9.02. The third-order valence-electron chi connectivity index (χ3n) is 4.58. The van der Waals surface area contributed by atoms with Crippen molar-refractivity contribution in [2.45, 2.75) is 38.2 Å². The number of imidazole rings is 1. The number of fused-ring (bicyclic) bond motifs is 1. The van der Waals surface area contributed by atoms with Gasteiger partial charge in [-0.15, -0.1) is 11.3 Å². The van der Waals surface area contributed by atoms with Gasteiger partial charge in [-0.2, -0.15) is 0 Å². The van der Waals surface area contributed by atoms with Gasteiger partial charge in [0.15, 0.2) is 10.3 Å². The van der Waals surface area contributed by atoms with E-state index in [9.17, 15) is 4.79 Å². The molecule has 4 aromatic rings. The summed E-state index contributed by atoms with van der Waals surface area (Å²) in [6, 6.07) is 17.9. The second-order valence-corrected chi connectivity index (χ2v) is 9.27. The molecule has 0 atom stereocenters. The standard InChI is InChI=1S/C23H24N4OS2/c1-16(2)13-26-21-12-8-7-11-20(21)25-22(26)29-14-18-15-30-23(24-18)27(17(3)28)19-9-5-4-6-10-19/h4-12,15-16H,13-14H2,1-3H3. The Hall–Kier alpha value is -2.64. The first-order chi connectivity index (χ1) is 14.5. The second-order valence-electron chi connectivity index (χ2n) is 7.49. The maximum atomic E-state index is 12.3. The first-order valence-electron chi connectivity index (χ1n) is 9.91. The number of hydrogen-bond acceptors (Lipinski definition) is 5. The SMILES string of the molecule is CC(=O)N(c1ccccc1)c1nc(CSc2nc3ccccc3n2CC(C)C)cs1. The summed E-state index contributed by atoms with van der Waals surface area (Å²) in [7, 11) is 0. The number of thiazole rings is 1. The van der Waals surface area contributed by atoms with Crippen molar-refractivity contribution in [1.29, 1.82) is 0 Å². The third kappa shape index (κ3) is 4.42. The minimum absolute atomic E-state index is 0.0477. The van der Waals surface area contributed by atoms with Crippen LogP contribution in [0.1, 0.15) is 26.5 Å². The Morgan fingerprint density at radius 3 is 2.57 bits per heavy atom. The molecular weight excluding hydrogens is 412 g/mol. The van der Waals surface area contributed by atoms with Crippen LogP contribution in [-0.4, -0.2) is 20.4 Å². The number of carbonyl (C=O) groups excluding carboxylic acids is 1. The number of anilines is 2. The molecule has 2 aromatic carbocycles. The summed E-state index contributed by atoms with van der Waals surface area (Å²) in [4.78, 5) is 23.5. The normalized spacial score (nSPS) is 11.3. The maximum Gasteiger partial charge on any atom is 0.230 e. The summed E-state index contributed by atoms with van der Waals surface area (Å²) in [6.07, 6.45) is 0. The zero-order chi connectivity index (χ0) is 21.1. The molecule has 0 saturated heterocycles. The highest BCUT2D eigenvalue weighted by Gasteiger charge is 2.18. The van der Waals surface area contributed by atoms with Gasteiger partial charge in [0, 0.05) is 24.6 Å². The first-order valence-corrected chi connectivity index (χ1v) is 11.8. The summed E-state index contributed by atoms with van der Waals surface area (Å²) in [5, 5.41) is 3.72. The van der Waals surface area contributed by atoms with E-state index in [-0.39, 0.29) is 5.91 Å². The van der Waals surface area contributed by atoms with Gasteiger partial charge in [0.1, 0.15) is 0 Å². The predicted octanol–water partition coefficient (Wildman–Crippen LogP) is 6.13. The fraction of sp³-hybridized carbons (Fsp3) is 0.261. The number of thioether (sulfide) groups is 1. The van der Waals surface area contributed by atoms with Crippen molar-refractivity contribution in [1.82, 2.24) is 14.5 Å². The molecule has 2 aromatic heterocycles. The minimum Gasteiger partial charge on any atom is -0.319 e. The van der Waals surface area contributed by atoms with E-state index in [0.29, 0.717) is 16.8 Å². The molecule has 4 rings (SSSR count). The Morgan fingerprint density at radius 1 is 1.10 bits per heavy atom. The molecule has 0 aliphatic rings. The smallest absolute Gasteiger partial charge is 0.230 e. The van der Waals surface area contributed by atoms with E-state index in [2.05, 4.69) is 36.6 Å². The largest absolute Gasteiger partial charge is 0.319 e. The third-order valence-corrected chi connectivity index (χ3v) is 6.46. The molecule has 0 unspecified atom stereocenters. The van der Waals surface area contributed by atoms with Crippen molar-refractivity contribution in [3.05, 3.63) is 65.7 Å². The number of nitrogens with zero attached hydrogens (tertiary/aromatic N) is 4. The highest BCUT2D eigenvalue weighted by atomic mass is 32.2. The Labute approximate surface area is 184 Å². The number of hydrogen-bond donors (Lipinski definition) is 0. The summed E-state index contributed by atoms with van der Waals surface area (Å²) in [5.74, 6) is 1.19. The van der Waals surface area contributed by atoms with Gasteiger partial charge in [-0.3, -0.25) is 9.69 Å². The zero-order valence-electron chi connectivity index (χ0n) is 17.3. The Kier molecular flexibility index (Phi) is 6.20.